The Morgan fingerprint density at radius 3 is 2.52 bits per heavy atom. The Kier molecular flexibility index (Phi) is 4.68. The summed E-state index contributed by atoms with van der Waals surface area (Å²) in [6.45, 7) is 3.15. The monoisotopic (exact) mass is 318 g/mol. The number of carbonyl (C=O) groups is 2. The molecule has 2 amide bonds. The number of likely N-dealkylation sites (tertiary alicyclic amines) is 1. The van der Waals surface area contributed by atoms with Gasteiger partial charge < -0.3 is 10.2 Å². The number of nitrogens with zero attached hydrogens (tertiary/aromatic N) is 3. The van der Waals surface area contributed by atoms with Crippen molar-refractivity contribution in [3.63, 3.8) is 0 Å². The number of hydrogen-bond donors (Lipinski definition) is 1. The van der Waals surface area contributed by atoms with Crippen molar-refractivity contribution in [3.05, 3.63) is 11.8 Å². The second-order valence-corrected chi connectivity index (χ2v) is 6.76. The van der Waals surface area contributed by atoms with Crippen molar-refractivity contribution in [3.8, 4) is 0 Å². The van der Waals surface area contributed by atoms with Gasteiger partial charge in [0, 0.05) is 32.1 Å². The summed E-state index contributed by atoms with van der Waals surface area (Å²) in [5.74, 6) is 1.06. The Morgan fingerprint density at radius 2 is 1.91 bits per heavy atom. The van der Waals surface area contributed by atoms with E-state index < -0.39 is 0 Å². The lowest BCUT2D eigenvalue weighted by molar-refractivity contribution is -0.145. The van der Waals surface area contributed by atoms with Gasteiger partial charge in [-0.3, -0.25) is 14.3 Å². The van der Waals surface area contributed by atoms with E-state index >= 15 is 0 Å². The molecule has 0 atom stereocenters. The number of aromatic nitrogens is 2. The second-order valence-electron chi connectivity index (χ2n) is 6.76. The summed E-state index contributed by atoms with van der Waals surface area (Å²) < 4.78 is 1.69. The smallest absolute Gasteiger partial charge is 0.232 e. The highest BCUT2D eigenvalue weighted by atomic mass is 16.2. The molecule has 0 spiro atoms. The third-order valence-electron chi connectivity index (χ3n) is 5.06. The van der Waals surface area contributed by atoms with Gasteiger partial charge in [-0.25, -0.2) is 0 Å². The van der Waals surface area contributed by atoms with Crippen LogP contribution >= 0.6 is 0 Å². The van der Waals surface area contributed by atoms with Crippen LogP contribution in [0.4, 0.5) is 5.82 Å². The largest absolute Gasteiger partial charge is 0.341 e. The van der Waals surface area contributed by atoms with Crippen molar-refractivity contribution < 1.29 is 9.59 Å². The van der Waals surface area contributed by atoms with Crippen molar-refractivity contribution >= 4 is 17.6 Å². The van der Waals surface area contributed by atoms with E-state index in [1.54, 1.807) is 4.68 Å². The van der Waals surface area contributed by atoms with Crippen molar-refractivity contribution in [1.29, 1.82) is 0 Å². The highest BCUT2D eigenvalue weighted by molar-refractivity contribution is 5.94. The first-order valence-electron chi connectivity index (χ1n) is 8.71. The summed E-state index contributed by atoms with van der Waals surface area (Å²) in [5.41, 5.74) is 0.963. The maximum Gasteiger partial charge on any atom is 0.232 e. The first kappa shape index (κ1) is 16.0. The minimum atomic E-state index is -0.0949. The Labute approximate surface area is 137 Å². The Morgan fingerprint density at radius 1 is 1.22 bits per heavy atom. The van der Waals surface area contributed by atoms with Crippen LogP contribution in [0.2, 0.25) is 0 Å². The first-order valence-corrected chi connectivity index (χ1v) is 8.71. The molecule has 0 bridgehead atoms. The van der Waals surface area contributed by atoms with Crippen LogP contribution in [0.15, 0.2) is 6.07 Å². The molecule has 23 heavy (non-hydrogen) atoms. The molecule has 0 aromatic carbocycles. The lowest BCUT2D eigenvalue weighted by Crippen LogP contribution is -2.56. The standard InChI is InChI=1S/C17H26N4O2/c1-3-14-9-15(20(2)19-14)18-16(22)13-10-21(11-13)17(23)12-7-5-4-6-8-12/h9,12-13H,3-8,10-11H2,1-2H3,(H,18,22). The molecule has 1 aliphatic heterocycles. The fourth-order valence-corrected chi connectivity index (χ4v) is 3.48. The summed E-state index contributed by atoms with van der Waals surface area (Å²) in [6, 6.07) is 1.90. The minimum absolute atomic E-state index is 0.0108. The number of nitrogens with one attached hydrogen (secondary N) is 1. The zero-order valence-electron chi connectivity index (χ0n) is 14.0. The average Bonchev–Trinajstić information content (AvgIpc) is 2.87. The summed E-state index contributed by atoms with van der Waals surface area (Å²) in [7, 11) is 1.83. The van der Waals surface area contributed by atoms with Gasteiger partial charge >= 0.3 is 0 Å². The number of carbonyl (C=O) groups excluding carboxylic acids is 2. The molecule has 3 rings (SSSR count). The van der Waals surface area contributed by atoms with Crippen LogP contribution in [-0.2, 0) is 23.1 Å². The van der Waals surface area contributed by atoms with Gasteiger partial charge in [0.2, 0.25) is 11.8 Å². The van der Waals surface area contributed by atoms with Gasteiger partial charge in [0.15, 0.2) is 0 Å². The highest BCUT2D eigenvalue weighted by Gasteiger charge is 2.38. The van der Waals surface area contributed by atoms with Gasteiger partial charge in [0.1, 0.15) is 5.82 Å². The van der Waals surface area contributed by atoms with E-state index in [2.05, 4.69) is 10.4 Å². The van der Waals surface area contributed by atoms with Crippen LogP contribution in [0.5, 0.6) is 0 Å². The van der Waals surface area contributed by atoms with Crippen molar-refractivity contribution in [2.45, 2.75) is 45.4 Å². The predicted octanol–water partition coefficient (Wildman–Crippen LogP) is 1.96. The van der Waals surface area contributed by atoms with E-state index in [1.807, 2.05) is 24.9 Å². The van der Waals surface area contributed by atoms with Crippen LogP contribution in [0, 0.1) is 11.8 Å². The summed E-state index contributed by atoms with van der Waals surface area (Å²) in [4.78, 5) is 26.5. The van der Waals surface area contributed by atoms with Crippen LogP contribution in [0.3, 0.4) is 0 Å². The van der Waals surface area contributed by atoms with Crippen molar-refractivity contribution in [1.82, 2.24) is 14.7 Å². The Bertz CT molecular complexity index is 583. The van der Waals surface area contributed by atoms with Crippen molar-refractivity contribution in [2.75, 3.05) is 18.4 Å². The molecule has 1 aromatic heterocycles. The van der Waals surface area contributed by atoms with Crippen LogP contribution in [0.1, 0.15) is 44.7 Å². The Balaban J connectivity index is 1.49. The molecule has 1 aliphatic carbocycles. The van der Waals surface area contributed by atoms with Crippen LogP contribution in [-0.4, -0.2) is 39.6 Å². The summed E-state index contributed by atoms with van der Waals surface area (Å²) >= 11 is 0. The third kappa shape index (κ3) is 3.41. The third-order valence-corrected chi connectivity index (χ3v) is 5.06. The molecule has 126 valence electrons. The van der Waals surface area contributed by atoms with Gasteiger partial charge in [0.25, 0.3) is 0 Å². The maximum absolute atomic E-state index is 12.4. The van der Waals surface area contributed by atoms with Gasteiger partial charge in [-0.15, -0.1) is 0 Å². The molecule has 2 heterocycles. The van der Waals surface area contributed by atoms with E-state index in [0.29, 0.717) is 13.1 Å². The van der Waals surface area contributed by atoms with E-state index in [4.69, 9.17) is 0 Å². The molecular formula is C17H26N4O2. The van der Waals surface area contributed by atoms with Crippen LogP contribution < -0.4 is 5.32 Å². The zero-order valence-corrected chi connectivity index (χ0v) is 14.0. The lowest BCUT2D eigenvalue weighted by Gasteiger charge is -2.40. The van der Waals surface area contributed by atoms with Gasteiger partial charge in [-0.05, 0) is 19.3 Å². The molecule has 1 saturated carbocycles. The van der Waals surface area contributed by atoms with Gasteiger partial charge in [0.05, 0.1) is 11.6 Å². The number of aryl methyl sites for hydroxylation is 2. The highest BCUT2D eigenvalue weighted by Crippen LogP contribution is 2.28. The average molecular weight is 318 g/mol. The van der Waals surface area contributed by atoms with E-state index in [9.17, 15) is 9.59 Å². The predicted molar refractivity (Wildman–Crippen MR) is 87.9 cm³/mol. The molecule has 1 saturated heterocycles. The molecule has 0 radical (unpaired) electrons. The van der Waals surface area contributed by atoms with Crippen LogP contribution in [0.25, 0.3) is 0 Å². The SMILES string of the molecule is CCc1cc(NC(=O)C2CN(C(=O)C3CCCCC3)C2)n(C)n1. The number of anilines is 1. The quantitative estimate of drug-likeness (QED) is 0.923. The summed E-state index contributed by atoms with van der Waals surface area (Å²) in [5, 5.41) is 7.26. The number of hydrogen-bond acceptors (Lipinski definition) is 3. The van der Waals surface area contributed by atoms with E-state index in [1.165, 1.54) is 6.42 Å². The molecule has 1 aromatic rings. The van der Waals surface area contributed by atoms with E-state index in [0.717, 1.165) is 43.6 Å². The number of rotatable bonds is 4. The molecule has 6 nitrogen and oxygen atoms in total. The van der Waals surface area contributed by atoms with Crippen molar-refractivity contribution in [2.24, 2.45) is 18.9 Å². The molecule has 0 unspecified atom stereocenters. The molecule has 1 N–H and O–H groups in total. The Hall–Kier alpha value is -1.85. The maximum atomic E-state index is 12.4. The first-order chi connectivity index (χ1) is 11.1. The van der Waals surface area contributed by atoms with Gasteiger partial charge in [-0.2, -0.15) is 5.10 Å². The van der Waals surface area contributed by atoms with E-state index in [-0.39, 0.29) is 23.7 Å². The lowest BCUT2D eigenvalue weighted by atomic mass is 9.86. The van der Waals surface area contributed by atoms with Gasteiger partial charge in [-0.1, -0.05) is 26.2 Å². The molecular weight excluding hydrogens is 292 g/mol. The summed E-state index contributed by atoms with van der Waals surface area (Å²) in [6.07, 6.45) is 6.45. The molecule has 2 fully saturated rings. The zero-order chi connectivity index (χ0) is 16.4. The second kappa shape index (κ2) is 6.72. The minimum Gasteiger partial charge on any atom is -0.341 e. The number of amides is 2. The fourth-order valence-electron chi connectivity index (χ4n) is 3.48. The molecule has 2 aliphatic rings. The normalized spacial score (nSPS) is 19.5. The molecule has 6 heteroatoms. The fraction of sp³-hybridized carbons (Fsp3) is 0.706. The topological polar surface area (TPSA) is 67.2 Å².